The Morgan fingerprint density at radius 1 is 0.712 bits per heavy atom. The molecule has 6 aromatic rings. The molecule has 2 aliphatic heterocycles. The summed E-state index contributed by atoms with van der Waals surface area (Å²) in [4.78, 5) is 60.4. The molecule has 0 spiro atoms. The molecule has 2 fully saturated rings. The molecule has 17 heteroatoms. The third-order valence-electron chi connectivity index (χ3n) is 10.9. The highest BCUT2D eigenvalue weighted by atomic mass is 16.5. The molecule has 0 radical (unpaired) electrons. The molecule has 17 nitrogen and oxygen atoms in total. The van der Waals surface area contributed by atoms with E-state index in [-0.39, 0.29) is 43.7 Å². The summed E-state index contributed by atoms with van der Waals surface area (Å²) in [6.07, 6.45) is 3.99. The number of pyridine rings is 2. The average Bonchev–Trinajstić information content (AvgIpc) is 4.07. The van der Waals surface area contributed by atoms with Crippen molar-refractivity contribution in [2.45, 2.75) is 71.2 Å². The number of ether oxygens (including phenoxy) is 1. The first-order valence-electron chi connectivity index (χ1n) is 20.8. The first kappa shape index (κ1) is 49.6. The molecule has 6 heterocycles. The van der Waals surface area contributed by atoms with Crippen molar-refractivity contribution in [2.24, 2.45) is 5.73 Å². The van der Waals surface area contributed by atoms with Gasteiger partial charge in [-0.3, -0.25) is 23.7 Å². The summed E-state index contributed by atoms with van der Waals surface area (Å²) < 4.78 is 8.53. The Bertz CT molecular complexity index is 2950. The van der Waals surface area contributed by atoms with Gasteiger partial charge in [-0.15, -0.1) is 0 Å². The Balaban J connectivity index is 0.000000235. The fourth-order valence-electron chi connectivity index (χ4n) is 7.46. The number of hydrogen-bond donors (Lipinski definition) is 4. The second kappa shape index (κ2) is 20.2. The Morgan fingerprint density at radius 2 is 1.12 bits per heavy atom. The van der Waals surface area contributed by atoms with Crippen LogP contribution in [0.2, 0.25) is 0 Å². The molecule has 2 atom stereocenters. The summed E-state index contributed by atoms with van der Waals surface area (Å²) in [6, 6.07) is 18.1. The van der Waals surface area contributed by atoms with Crippen molar-refractivity contribution >= 4 is 45.5 Å². The monoisotopic (exact) mass is 897 g/mol. The van der Waals surface area contributed by atoms with Gasteiger partial charge in [0.1, 0.15) is 5.69 Å². The van der Waals surface area contributed by atoms with Crippen molar-refractivity contribution in [1.82, 2.24) is 39.3 Å². The molecular formula is C49H55N9O8. The molecule has 3 amide bonds. The lowest BCUT2D eigenvalue weighted by Gasteiger charge is -2.13. The summed E-state index contributed by atoms with van der Waals surface area (Å²) >= 11 is 0. The lowest BCUT2D eigenvalue weighted by molar-refractivity contribution is -0.138. The van der Waals surface area contributed by atoms with E-state index in [0.717, 1.165) is 40.0 Å². The van der Waals surface area contributed by atoms with E-state index in [2.05, 4.69) is 43.8 Å². The van der Waals surface area contributed by atoms with E-state index in [1.165, 1.54) is 16.9 Å². The van der Waals surface area contributed by atoms with Gasteiger partial charge in [-0.2, -0.15) is 10.2 Å². The molecule has 4 aromatic heterocycles. The quantitative estimate of drug-likeness (QED) is 0.135. The van der Waals surface area contributed by atoms with Crippen LogP contribution in [0.25, 0.3) is 44.3 Å². The van der Waals surface area contributed by atoms with Gasteiger partial charge in [-0.25, -0.2) is 14.8 Å². The van der Waals surface area contributed by atoms with E-state index in [4.69, 9.17) is 15.6 Å². The Labute approximate surface area is 383 Å². The third kappa shape index (κ3) is 9.94. The molecule has 0 saturated carbocycles. The van der Waals surface area contributed by atoms with Gasteiger partial charge in [0.15, 0.2) is 5.69 Å². The second-order valence-electron chi connectivity index (χ2n) is 16.1. The van der Waals surface area contributed by atoms with Crippen molar-refractivity contribution in [3.05, 3.63) is 95.6 Å². The number of likely N-dealkylation sites (N-methyl/N-ethyl adjacent to an activating group) is 2. The number of nitrogens with zero attached hydrogens (tertiary/aromatic N) is 8. The highest BCUT2D eigenvalue weighted by molar-refractivity contribution is 6.00. The van der Waals surface area contributed by atoms with Crippen LogP contribution in [0, 0.1) is 23.7 Å². The first-order valence-corrected chi connectivity index (χ1v) is 20.8. The van der Waals surface area contributed by atoms with Crippen LogP contribution in [0.4, 0.5) is 0 Å². The topological polar surface area (TPSA) is 232 Å². The standard InChI is InChI=1S/C24H24N4O4.C23H23N5O3.CH4O.CH4/c1-15(2)28-20-13-19(22(29)32-4)26-21(18(20)14-25-28)17-7-5-6-16(12-17)8-9-24(31)10-11-27(3)23(24)30;1-14(2)28-19-12-18(21(24)29)26-20(17(19)13-25-28)16-6-4-5-15(11-16)7-8-23(31)9-10-27(3)22(23)30;1-2;/h5-7,12-15,31H,10-11H2,1-4H3;4-6,11-14,31H,9-10H2,1-3H3,(H2,24,29);2H,1H3;1H4/t24-;23-;;/m00../s1. The zero-order valence-corrected chi connectivity index (χ0v) is 37.4. The average molecular weight is 898 g/mol. The number of primary amides is 1. The number of esters is 1. The minimum atomic E-state index is -1.67. The normalized spacial score (nSPS) is 17.6. The number of carbonyl (C=O) groups excluding carboxylic acids is 4. The van der Waals surface area contributed by atoms with Gasteiger partial charge in [0, 0.05) is 92.2 Å². The second-order valence-corrected chi connectivity index (χ2v) is 16.1. The molecule has 2 aliphatic rings. The zero-order valence-electron chi connectivity index (χ0n) is 37.4. The number of aliphatic hydroxyl groups excluding tert-OH is 1. The molecule has 5 N–H and O–H groups in total. The largest absolute Gasteiger partial charge is 0.464 e. The van der Waals surface area contributed by atoms with Gasteiger partial charge < -0.3 is 35.6 Å². The van der Waals surface area contributed by atoms with Crippen molar-refractivity contribution in [1.29, 1.82) is 0 Å². The van der Waals surface area contributed by atoms with Crippen molar-refractivity contribution in [3.8, 4) is 46.2 Å². The molecule has 0 bridgehead atoms. The van der Waals surface area contributed by atoms with Crippen LogP contribution < -0.4 is 5.73 Å². The maximum Gasteiger partial charge on any atom is 0.356 e. The number of rotatable bonds is 6. The van der Waals surface area contributed by atoms with E-state index in [1.807, 2.05) is 67.4 Å². The van der Waals surface area contributed by atoms with Crippen LogP contribution >= 0.6 is 0 Å². The lowest BCUT2D eigenvalue weighted by Crippen LogP contribution is -2.37. The molecule has 2 aromatic carbocycles. The smallest absolute Gasteiger partial charge is 0.356 e. The molecule has 0 aliphatic carbocycles. The summed E-state index contributed by atoms with van der Waals surface area (Å²) in [5.41, 5.74) is 7.89. The number of aromatic nitrogens is 6. The minimum Gasteiger partial charge on any atom is -0.464 e. The number of nitrogens with two attached hydrogens (primary N) is 1. The lowest BCUT2D eigenvalue weighted by atomic mass is 10.0. The van der Waals surface area contributed by atoms with Crippen molar-refractivity contribution in [3.63, 3.8) is 0 Å². The van der Waals surface area contributed by atoms with Gasteiger partial charge in [-0.05, 0) is 64.1 Å². The summed E-state index contributed by atoms with van der Waals surface area (Å²) in [6.45, 7) is 8.94. The van der Waals surface area contributed by atoms with E-state index >= 15 is 0 Å². The number of likely N-dealkylation sites (tertiary alicyclic amines) is 2. The maximum absolute atomic E-state index is 12.3. The molecular weight excluding hydrogens is 843 g/mol. The highest BCUT2D eigenvalue weighted by Gasteiger charge is 2.43. The van der Waals surface area contributed by atoms with Gasteiger partial charge in [0.25, 0.3) is 17.7 Å². The number of fused-ring (bicyclic) bond motifs is 2. The maximum atomic E-state index is 12.3. The molecule has 0 unspecified atom stereocenters. The Morgan fingerprint density at radius 3 is 1.48 bits per heavy atom. The summed E-state index contributed by atoms with van der Waals surface area (Å²) in [7, 11) is 5.60. The van der Waals surface area contributed by atoms with Gasteiger partial charge in [0.2, 0.25) is 11.2 Å². The first-order chi connectivity index (χ1) is 30.9. The van der Waals surface area contributed by atoms with Gasteiger partial charge in [-0.1, -0.05) is 55.4 Å². The number of amides is 3. The summed E-state index contributed by atoms with van der Waals surface area (Å²) in [5.74, 6) is 9.34. The molecule has 2 saturated heterocycles. The highest BCUT2D eigenvalue weighted by Crippen LogP contribution is 2.32. The van der Waals surface area contributed by atoms with Crippen LogP contribution in [-0.4, -0.2) is 131 Å². The summed E-state index contributed by atoms with van der Waals surface area (Å²) in [5, 5.41) is 38.6. The van der Waals surface area contributed by atoms with Crippen LogP contribution in [0.5, 0.6) is 0 Å². The van der Waals surface area contributed by atoms with Crippen LogP contribution in [0.3, 0.4) is 0 Å². The van der Waals surface area contributed by atoms with Crippen LogP contribution in [-0.2, 0) is 14.3 Å². The number of methoxy groups -OCH3 is 1. The van der Waals surface area contributed by atoms with Crippen LogP contribution in [0.1, 0.15) is 92.2 Å². The number of benzene rings is 2. The number of aliphatic hydroxyl groups is 3. The fraction of sp³-hybridized carbons (Fsp3) is 0.347. The molecule has 66 heavy (non-hydrogen) atoms. The van der Waals surface area contributed by atoms with E-state index < -0.39 is 34.9 Å². The Hall–Kier alpha value is -7.44. The van der Waals surface area contributed by atoms with Gasteiger partial charge >= 0.3 is 5.97 Å². The number of carbonyl (C=O) groups is 4. The fourth-order valence-corrected chi connectivity index (χ4v) is 7.46. The Kier molecular flexibility index (Phi) is 15.1. The predicted molar refractivity (Wildman–Crippen MR) is 250 cm³/mol. The van der Waals surface area contributed by atoms with Crippen molar-refractivity contribution < 1.29 is 39.2 Å². The van der Waals surface area contributed by atoms with E-state index in [9.17, 15) is 29.4 Å². The van der Waals surface area contributed by atoms with Crippen LogP contribution in [0.15, 0.2) is 73.1 Å². The van der Waals surface area contributed by atoms with Gasteiger partial charge in [0.05, 0.1) is 41.9 Å². The minimum absolute atomic E-state index is 0. The molecule has 8 rings (SSSR count). The SMILES string of the molecule is C.CC(C)n1ncc2c(-c3cccc(C#C[C@]4(O)CCN(C)C4=O)c3)nc(C(N)=O)cc21.CO.COC(=O)c1cc2c(cnn2C(C)C)c(-c2cccc(C#C[C@]3(O)CCN(C)C3=O)c2)n1. The zero-order chi connectivity index (χ0) is 47.4. The molecule has 344 valence electrons. The number of hydrogen-bond acceptors (Lipinski definition) is 12. The van der Waals surface area contributed by atoms with Crippen molar-refractivity contribution in [2.75, 3.05) is 41.4 Å². The third-order valence-corrected chi connectivity index (χ3v) is 10.9. The van der Waals surface area contributed by atoms with E-state index in [0.29, 0.717) is 35.6 Å². The van der Waals surface area contributed by atoms with E-state index in [1.54, 1.807) is 56.8 Å². The predicted octanol–water partition coefficient (Wildman–Crippen LogP) is 4.38.